The van der Waals surface area contributed by atoms with Crippen molar-refractivity contribution < 1.29 is 9.53 Å². The Morgan fingerprint density at radius 3 is 2.29 bits per heavy atom. The van der Waals surface area contributed by atoms with E-state index in [4.69, 9.17) is 19.7 Å². The Balaban J connectivity index is 1.58. The Labute approximate surface area is 209 Å². The maximum Gasteiger partial charge on any atom is 0.410 e. The molecule has 183 valence electrons. The number of carbonyl (C=O) groups excluding carboxylic acids is 1. The molecule has 0 atom stereocenters. The van der Waals surface area contributed by atoms with Gasteiger partial charge in [0.2, 0.25) is 0 Å². The number of aromatic nitrogens is 3. The Morgan fingerprint density at radius 2 is 1.76 bits per heavy atom. The van der Waals surface area contributed by atoms with E-state index in [0.717, 1.165) is 58.4 Å². The van der Waals surface area contributed by atoms with Gasteiger partial charge in [-0.25, -0.2) is 19.7 Å². The van der Waals surface area contributed by atoms with Gasteiger partial charge in [-0.2, -0.15) is 0 Å². The van der Waals surface area contributed by atoms with Crippen LogP contribution >= 0.6 is 11.3 Å². The number of thiazole rings is 1. The van der Waals surface area contributed by atoms with E-state index in [-0.39, 0.29) is 16.9 Å². The lowest BCUT2D eigenvalue weighted by Crippen LogP contribution is -2.41. The third-order valence-electron chi connectivity index (χ3n) is 6.71. The number of likely N-dealkylation sites (tertiary alicyclic amines) is 1. The highest BCUT2D eigenvalue weighted by Crippen LogP contribution is 2.46. The molecule has 0 N–H and O–H groups in total. The lowest BCUT2D eigenvalue weighted by molar-refractivity contribution is 0.0205. The molecule has 1 radical (unpaired) electrons. The van der Waals surface area contributed by atoms with Crippen molar-refractivity contribution in [2.75, 3.05) is 13.1 Å². The molecule has 2 aromatic heterocycles. The van der Waals surface area contributed by atoms with Crippen molar-refractivity contribution >= 4 is 29.5 Å². The lowest BCUT2D eigenvalue weighted by atomic mass is 9.78. The molecule has 1 aliphatic carbocycles. The van der Waals surface area contributed by atoms with Gasteiger partial charge in [-0.15, -0.1) is 11.3 Å². The molecular weight excluding hydrogens is 443 g/mol. The molecule has 0 unspecified atom stereocenters. The second-order valence-electron chi connectivity index (χ2n) is 12.1. The van der Waals surface area contributed by atoms with Gasteiger partial charge in [0.25, 0.3) is 0 Å². The largest absolute Gasteiger partial charge is 0.444 e. The van der Waals surface area contributed by atoms with E-state index >= 15 is 0 Å². The van der Waals surface area contributed by atoms with Crippen molar-refractivity contribution in [2.45, 2.75) is 103 Å². The molecule has 8 heteroatoms. The summed E-state index contributed by atoms with van der Waals surface area (Å²) in [5, 5.41) is 1.14. The smallest absolute Gasteiger partial charge is 0.410 e. The van der Waals surface area contributed by atoms with E-state index in [1.807, 2.05) is 25.7 Å². The van der Waals surface area contributed by atoms with Crippen molar-refractivity contribution in [1.82, 2.24) is 19.9 Å². The van der Waals surface area contributed by atoms with Crippen LogP contribution in [-0.4, -0.2) is 51.9 Å². The molecule has 1 saturated heterocycles. The van der Waals surface area contributed by atoms with Gasteiger partial charge >= 0.3 is 6.09 Å². The van der Waals surface area contributed by atoms with Crippen LogP contribution in [0.25, 0.3) is 11.4 Å². The highest BCUT2D eigenvalue weighted by Gasteiger charge is 2.43. The molecule has 2 aromatic rings. The van der Waals surface area contributed by atoms with Crippen molar-refractivity contribution in [3.63, 3.8) is 0 Å². The number of nitrogens with zero attached hydrogens (tertiary/aromatic N) is 4. The van der Waals surface area contributed by atoms with Crippen LogP contribution < -0.4 is 4.78 Å². The van der Waals surface area contributed by atoms with E-state index in [1.165, 1.54) is 0 Å². The number of piperidine rings is 1. The van der Waals surface area contributed by atoms with Crippen LogP contribution in [0.15, 0.2) is 6.07 Å². The van der Waals surface area contributed by atoms with Crippen LogP contribution in [0.5, 0.6) is 0 Å². The van der Waals surface area contributed by atoms with Crippen LogP contribution in [0.2, 0.25) is 6.82 Å². The van der Waals surface area contributed by atoms with Crippen LogP contribution in [0.1, 0.15) is 96.6 Å². The molecular formula is C26H38BN4O2S. The Hall–Kier alpha value is -1.96. The highest BCUT2D eigenvalue weighted by atomic mass is 32.1. The first-order chi connectivity index (χ1) is 15.8. The molecule has 1 saturated carbocycles. The predicted molar refractivity (Wildman–Crippen MR) is 139 cm³/mol. The molecule has 2 aliphatic rings. The minimum Gasteiger partial charge on any atom is -0.444 e. The summed E-state index contributed by atoms with van der Waals surface area (Å²) in [7, 11) is 2.14. The summed E-state index contributed by atoms with van der Waals surface area (Å²) < 4.78 is 6.72. The van der Waals surface area contributed by atoms with Gasteiger partial charge in [-0.3, -0.25) is 0 Å². The number of ether oxygens (including phenoxy) is 1. The minimum atomic E-state index is -0.468. The molecule has 6 nitrogen and oxygen atoms in total. The van der Waals surface area contributed by atoms with Crippen molar-refractivity contribution in [3.05, 3.63) is 22.6 Å². The molecule has 1 aliphatic heterocycles. The van der Waals surface area contributed by atoms with Gasteiger partial charge in [-0.1, -0.05) is 34.5 Å². The fourth-order valence-electron chi connectivity index (χ4n) is 4.17. The predicted octanol–water partition coefficient (Wildman–Crippen LogP) is 5.44. The number of carbonyl (C=O) groups is 1. The van der Waals surface area contributed by atoms with Gasteiger partial charge in [0.05, 0.1) is 22.1 Å². The molecule has 3 heterocycles. The van der Waals surface area contributed by atoms with E-state index in [2.05, 4.69) is 47.9 Å². The highest BCUT2D eigenvalue weighted by molar-refractivity contribution is 7.21. The normalized spacial score (nSPS) is 18.6. The van der Waals surface area contributed by atoms with E-state index in [1.54, 1.807) is 11.3 Å². The zero-order valence-corrected chi connectivity index (χ0v) is 22.8. The summed E-state index contributed by atoms with van der Waals surface area (Å²) >= 11 is 1.76. The molecule has 4 rings (SSSR count). The topological polar surface area (TPSA) is 68.2 Å². The molecule has 0 bridgehead atoms. The Morgan fingerprint density at radius 1 is 1.12 bits per heavy atom. The van der Waals surface area contributed by atoms with Gasteiger partial charge in [-0.05, 0) is 57.3 Å². The second-order valence-corrected chi connectivity index (χ2v) is 13.1. The number of amides is 1. The fourth-order valence-corrected chi connectivity index (χ4v) is 5.30. The van der Waals surface area contributed by atoms with Crippen LogP contribution in [0, 0.1) is 0 Å². The van der Waals surface area contributed by atoms with E-state index < -0.39 is 5.60 Å². The van der Waals surface area contributed by atoms with Crippen LogP contribution in [0.3, 0.4) is 0 Å². The minimum absolute atomic E-state index is 0.0544. The molecule has 34 heavy (non-hydrogen) atoms. The fraction of sp³-hybridized carbons (Fsp3) is 0.692. The van der Waals surface area contributed by atoms with Crippen molar-refractivity contribution in [3.8, 4) is 11.4 Å². The average molecular weight is 481 g/mol. The standard InChI is InChI=1S/C26H38BN4O2S/c1-24(2,3)18-15-17(28-22(29-18)26(7)11-12-26)19-20(27-8)34-21(30-19)16-9-13-31(14-10-16)23(32)33-25(4,5)6/h15-16H,9-14H2,1-8H3. The third-order valence-corrected chi connectivity index (χ3v) is 7.99. The van der Waals surface area contributed by atoms with Gasteiger partial charge in [0, 0.05) is 29.8 Å². The molecule has 0 spiro atoms. The molecule has 0 aromatic carbocycles. The first-order valence-electron chi connectivity index (χ1n) is 12.5. The summed E-state index contributed by atoms with van der Waals surface area (Å²) in [4.78, 5) is 29.4. The summed E-state index contributed by atoms with van der Waals surface area (Å²) in [5.41, 5.74) is 2.55. The summed E-state index contributed by atoms with van der Waals surface area (Å²) in [5.74, 6) is 1.30. The van der Waals surface area contributed by atoms with Gasteiger partial charge in [0.15, 0.2) is 7.28 Å². The number of hydrogen-bond donors (Lipinski definition) is 0. The average Bonchev–Trinajstić information content (AvgIpc) is 3.36. The van der Waals surface area contributed by atoms with Crippen molar-refractivity contribution in [1.29, 1.82) is 0 Å². The third kappa shape index (κ3) is 5.47. The quantitative estimate of drug-likeness (QED) is 0.544. The zero-order chi connectivity index (χ0) is 24.9. The number of hydrogen-bond acceptors (Lipinski definition) is 6. The number of rotatable bonds is 4. The SMILES string of the molecule is C[B]c1sc(C2CCN(C(=O)OC(C)(C)C)CC2)nc1-c1cc(C(C)(C)C)nc(C2(C)CC2)n1. The van der Waals surface area contributed by atoms with Crippen LogP contribution in [0.4, 0.5) is 4.79 Å². The Kier molecular flexibility index (Phi) is 6.60. The maximum atomic E-state index is 12.4. The van der Waals surface area contributed by atoms with Crippen molar-refractivity contribution in [2.24, 2.45) is 0 Å². The second kappa shape index (κ2) is 8.92. The summed E-state index contributed by atoms with van der Waals surface area (Å²) in [6.45, 7) is 18.1. The maximum absolute atomic E-state index is 12.4. The van der Waals surface area contributed by atoms with E-state index in [0.29, 0.717) is 19.0 Å². The zero-order valence-electron chi connectivity index (χ0n) is 22.0. The van der Waals surface area contributed by atoms with E-state index in [9.17, 15) is 4.79 Å². The summed E-state index contributed by atoms with van der Waals surface area (Å²) in [6.07, 6.45) is 3.87. The lowest BCUT2D eigenvalue weighted by Gasteiger charge is -2.32. The monoisotopic (exact) mass is 481 g/mol. The first-order valence-corrected chi connectivity index (χ1v) is 13.3. The molecule has 2 fully saturated rings. The van der Waals surface area contributed by atoms with Gasteiger partial charge in [0.1, 0.15) is 11.4 Å². The first kappa shape index (κ1) is 25.1. The molecule has 1 amide bonds. The summed E-state index contributed by atoms with van der Waals surface area (Å²) in [6, 6.07) is 2.13. The van der Waals surface area contributed by atoms with Crippen LogP contribution in [-0.2, 0) is 15.6 Å². The Bertz CT molecular complexity index is 1030. The van der Waals surface area contributed by atoms with Gasteiger partial charge < -0.3 is 9.64 Å².